The first-order valence-corrected chi connectivity index (χ1v) is 7.96. The molecule has 1 aromatic rings. The van der Waals surface area contributed by atoms with E-state index in [2.05, 4.69) is 50.2 Å². The summed E-state index contributed by atoms with van der Waals surface area (Å²) in [5.41, 5.74) is 1.63. The molecule has 0 aliphatic carbocycles. The predicted octanol–water partition coefficient (Wildman–Crippen LogP) is 4.36. The van der Waals surface area contributed by atoms with E-state index >= 15 is 0 Å². The Morgan fingerprint density at radius 3 is 2.45 bits per heavy atom. The van der Waals surface area contributed by atoms with Crippen molar-refractivity contribution in [2.24, 2.45) is 5.41 Å². The second-order valence-corrected chi connectivity index (χ2v) is 6.32. The SMILES string of the molecule is CCC(CC)(CNC)CN(C)C(C)c1cccc(Cl)c1. The molecule has 0 aliphatic rings. The molecule has 0 aromatic heterocycles. The lowest BCUT2D eigenvalue weighted by molar-refractivity contribution is 0.130. The van der Waals surface area contributed by atoms with Crippen LogP contribution in [0.3, 0.4) is 0 Å². The van der Waals surface area contributed by atoms with Gasteiger partial charge in [-0.25, -0.2) is 0 Å². The second-order valence-electron chi connectivity index (χ2n) is 5.88. The van der Waals surface area contributed by atoms with Gasteiger partial charge in [-0.15, -0.1) is 0 Å². The maximum absolute atomic E-state index is 6.10. The fraction of sp³-hybridized carbons (Fsp3) is 0.647. The molecule has 20 heavy (non-hydrogen) atoms. The second kappa shape index (κ2) is 8.02. The minimum Gasteiger partial charge on any atom is -0.319 e. The first-order chi connectivity index (χ1) is 9.48. The molecule has 3 heteroatoms. The van der Waals surface area contributed by atoms with Crippen LogP contribution in [0.5, 0.6) is 0 Å². The molecule has 0 bridgehead atoms. The number of rotatable bonds is 8. The third-order valence-corrected chi connectivity index (χ3v) is 4.86. The zero-order valence-electron chi connectivity index (χ0n) is 13.5. The first kappa shape index (κ1) is 17.5. The molecule has 0 aliphatic heterocycles. The highest BCUT2D eigenvalue weighted by Crippen LogP contribution is 2.30. The fourth-order valence-corrected chi connectivity index (χ4v) is 3.04. The van der Waals surface area contributed by atoms with Crippen LogP contribution < -0.4 is 5.32 Å². The van der Waals surface area contributed by atoms with Crippen LogP contribution in [-0.2, 0) is 0 Å². The topological polar surface area (TPSA) is 15.3 Å². The van der Waals surface area contributed by atoms with Gasteiger partial charge < -0.3 is 5.32 Å². The highest BCUT2D eigenvalue weighted by Gasteiger charge is 2.28. The van der Waals surface area contributed by atoms with Gasteiger partial charge in [-0.3, -0.25) is 4.90 Å². The monoisotopic (exact) mass is 296 g/mol. The van der Waals surface area contributed by atoms with Gasteiger partial charge in [0, 0.05) is 24.2 Å². The molecule has 1 unspecified atom stereocenters. The van der Waals surface area contributed by atoms with E-state index in [-0.39, 0.29) is 0 Å². The number of hydrogen-bond acceptors (Lipinski definition) is 2. The van der Waals surface area contributed by atoms with Crippen molar-refractivity contribution in [1.29, 1.82) is 0 Å². The smallest absolute Gasteiger partial charge is 0.0409 e. The van der Waals surface area contributed by atoms with Crippen molar-refractivity contribution in [2.45, 2.75) is 39.7 Å². The van der Waals surface area contributed by atoms with Gasteiger partial charge >= 0.3 is 0 Å². The summed E-state index contributed by atoms with van der Waals surface area (Å²) in [5, 5.41) is 4.17. The third-order valence-electron chi connectivity index (χ3n) is 4.63. The summed E-state index contributed by atoms with van der Waals surface area (Å²) in [6.07, 6.45) is 2.38. The Kier molecular flexibility index (Phi) is 7.01. The summed E-state index contributed by atoms with van der Waals surface area (Å²) < 4.78 is 0. The van der Waals surface area contributed by atoms with Crippen LogP contribution in [0.2, 0.25) is 5.02 Å². The number of hydrogen-bond donors (Lipinski definition) is 1. The molecular formula is C17H29ClN2. The number of halogens is 1. The van der Waals surface area contributed by atoms with Crippen molar-refractivity contribution in [3.63, 3.8) is 0 Å². The molecule has 1 rings (SSSR count). The Morgan fingerprint density at radius 2 is 1.95 bits per heavy atom. The average Bonchev–Trinajstić information content (AvgIpc) is 2.45. The van der Waals surface area contributed by atoms with Crippen LogP contribution in [0.25, 0.3) is 0 Å². The van der Waals surface area contributed by atoms with Crippen molar-refractivity contribution in [2.75, 3.05) is 27.2 Å². The van der Waals surface area contributed by atoms with E-state index in [9.17, 15) is 0 Å². The lowest BCUT2D eigenvalue weighted by Crippen LogP contribution is -2.42. The van der Waals surface area contributed by atoms with Gasteiger partial charge in [-0.2, -0.15) is 0 Å². The Balaban J connectivity index is 2.80. The molecule has 1 N–H and O–H groups in total. The summed E-state index contributed by atoms with van der Waals surface area (Å²) in [6, 6.07) is 8.57. The number of benzene rings is 1. The number of nitrogens with one attached hydrogen (secondary N) is 1. The number of nitrogens with zero attached hydrogens (tertiary/aromatic N) is 1. The molecule has 1 atom stereocenters. The maximum Gasteiger partial charge on any atom is 0.0409 e. The summed E-state index contributed by atoms with van der Waals surface area (Å²) in [5.74, 6) is 0. The predicted molar refractivity (Wildman–Crippen MR) is 89.4 cm³/mol. The highest BCUT2D eigenvalue weighted by atomic mass is 35.5. The molecule has 0 saturated carbocycles. The molecule has 0 saturated heterocycles. The third kappa shape index (κ3) is 4.47. The summed E-state index contributed by atoms with van der Waals surface area (Å²) >= 11 is 6.10. The normalized spacial score (nSPS) is 13.8. The Morgan fingerprint density at radius 1 is 1.30 bits per heavy atom. The Hall–Kier alpha value is -0.570. The van der Waals surface area contributed by atoms with E-state index in [1.165, 1.54) is 18.4 Å². The van der Waals surface area contributed by atoms with Crippen LogP contribution in [0.1, 0.15) is 45.2 Å². The molecule has 1 aromatic carbocycles. The van der Waals surface area contributed by atoms with Crippen molar-refractivity contribution < 1.29 is 0 Å². The lowest BCUT2D eigenvalue weighted by atomic mass is 9.81. The van der Waals surface area contributed by atoms with Crippen LogP contribution >= 0.6 is 11.6 Å². The quantitative estimate of drug-likeness (QED) is 0.767. The molecule has 2 nitrogen and oxygen atoms in total. The molecule has 0 radical (unpaired) electrons. The maximum atomic E-state index is 6.10. The molecular weight excluding hydrogens is 268 g/mol. The van der Waals surface area contributed by atoms with Crippen LogP contribution in [0.4, 0.5) is 0 Å². The van der Waals surface area contributed by atoms with E-state index in [1.807, 2.05) is 19.2 Å². The molecule has 0 fully saturated rings. The first-order valence-electron chi connectivity index (χ1n) is 7.58. The Bertz CT molecular complexity index is 402. The van der Waals surface area contributed by atoms with E-state index in [1.54, 1.807) is 0 Å². The van der Waals surface area contributed by atoms with Gasteiger partial charge in [-0.1, -0.05) is 37.6 Å². The van der Waals surface area contributed by atoms with Crippen molar-refractivity contribution >= 4 is 11.6 Å². The van der Waals surface area contributed by atoms with E-state index in [4.69, 9.17) is 11.6 Å². The van der Waals surface area contributed by atoms with E-state index in [0.717, 1.165) is 18.1 Å². The zero-order valence-corrected chi connectivity index (χ0v) is 14.3. The van der Waals surface area contributed by atoms with Crippen molar-refractivity contribution in [3.05, 3.63) is 34.9 Å². The van der Waals surface area contributed by atoms with Crippen LogP contribution in [-0.4, -0.2) is 32.1 Å². The van der Waals surface area contributed by atoms with Crippen molar-refractivity contribution in [3.8, 4) is 0 Å². The van der Waals surface area contributed by atoms with E-state index in [0.29, 0.717) is 11.5 Å². The molecule has 0 spiro atoms. The van der Waals surface area contributed by atoms with Gasteiger partial charge in [-0.05, 0) is 57.0 Å². The average molecular weight is 297 g/mol. The van der Waals surface area contributed by atoms with Gasteiger partial charge in [0.2, 0.25) is 0 Å². The minimum atomic E-state index is 0.344. The zero-order chi connectivity index (χ0) is 15.2. The van der Waals surface area contributed by atoms with Crippen molar-refractivity contribution in [1.82, 2.24) is 10.2 Å². The standard InChI is InChI=1S/C17H29ClN2/c1-6-17(7-2,12-19-4)13-20(5)14(3)15-9-8-10-16(18)11-15/h8-11,14,19H,6-7,12-13H2,1-5H3. The van der Waals surface area contributed by atoms with Crippen LogP contribution in [0.15, 0.2) is 24.3 Å². The minimum absolute atomic E-state index is 0.344. The molecule has 0 amide bonds. The largest absolute Gasteiger partial charge is 0.319 e. The fourth-order valence-electron chi connectivity index (χ4n) is 2.84. The van der Waals surface area contributed by atoms with Gasteiger partial charge in [0.15, 0.2) is 0 Å². The molecule has 114 valence electrons. The Labute approximate surface area is 129 Å². The highest BCUT2D eigenvalue weighted by molar-refractivity contribution is 6.30. The summed E-state index contributed by atoms with van der Waals surface area (Å²) in [4.78, 5) is 2.44. The van der Waals surface area contributed by atoms with Gasteiger partial charge in [0.1, 0.15) is 0 Å². The summed E-state index contributed by atoms with van der Waals surface area (Å²) in [7, 11) is 4.25. The molecule has 0 heterocycles. The summed E-state index contributed by atoms with van der Waals surface area (Å²) in [6.45, 7) is 8.99. The lowest BCUT2D eigenvalue weighted by Gasteiger charge is -2.38. The van der Waals surface area contributed by atoms with Gasteiger partial charge in [0.05, 0.1) is 0 Å². The van der Waals surface area contributed by atoms with E-state index < -0.39 is 0 Å². The van der Waals surface area contributed by atoms with Gasteiger partial charge in [0.25, 0.3) is 0 Å². The van der Waals surface area contributed by atoms with Crippen LogP contribution in [0, 0.1) is 5.41 Å².